The van der Waals surface area contributed by atoms with Crippen molar-refractivity contribution >= 4 is 16.0 Å². The molecule has 39 heavy (non-hydrogen) atoms. The number of nitrogens with zero attached hydrogens (tertiary/aromatic N) is 2. The molecule has 0 saturated carbocycles. The summed E-state index contributed by atoms with van der Waals surface area (Å²) in [5, 5.41) is 19.4. The summed E-state index contributed by atoms with van der Waals surface area (Å²) >= 11 is 0. The molecule has 1 heterocycles. The van der Waals surface area contributed by atoms with Gasteiger partial charge >= 0.3 is 5.97 Å². The number of carbonyl (C=O) groups is 1. The van der Waals surface area contributed by atoms with Gasteiger partial charge in [-0.05, 0) is 61.0 Å². The molecule has 3 atom stereocenters. The lowest BCUT2D eigenvalue weighted by atomic mass is 10.0. The average molecular weight is 557 g/mol. The molecule has 8 nitrogen and oxygen atoms in total. The molecule has 0 spiro atoms. The zero-order valence-corrected chi connectivity index (χ0v) is 22.9. The Balaban J connectivity index is 1.71. The summed E-state index contributed by atoms with van der Waals surface area (Å²) in [6.07, 6.45) is -0.460. The van der Waals surface area contributed by atoms with E-state index in [2.05, 4.69) is 0 Å². The van der Waals surface area contributed by atoms with E-state index in [-0.39, 0.29) is 41.1 Å². The van der Waals surface area contributed by atoms with E-state index in [1.54, 1.807) is 55.5 Å². The highest BCUT2D eigenvalue weighted by molar-refractivity contribution is 7.89. The number of sulfonamides is 1. The predicted molar refractivity (Wildman–Crippen MR) is 146 cm³/mol. The van der Waals surface area contributed by atoms with Crippen LogP contribution < -0.4 is 4.74 Å². The van der Waals surface area contributed by atoms with Gasteiger partial charge in [-0.3, -0.25) is 4.90 Å². The molecule has 4 rings (SSSR count). The number of hydrogen-bond donors (Lipinski definition) is 2. The SMILES string of the molecule is C[C@H](CO)N1C[C@H](C)[C@@H](CN(C)Cc2ccccc2C(=O)O)Oc2cc(-c3ccc(F)cc3)ccc2S1(=O)=O. The van der Waals surface area contributed by atoms with Crippen molar-refractivity contribution in [1.82, 2.24) is 9.21 Å². The smallest absolute Gasteiger partial charge is 0.336 e. The fourth-order valence-electron chi connectivity index (χ4n) is 4.79. The summed E-state index contributed by atoms with van der Waals surface area (Å²) in [5.74, 6) is -1.48. The van der Waals surface area contributed by atoms with Crippen molar-refractivity contribution in [3.05, 3.63) is 83.7 Å². The Bertz CT molecular complexity index is 1430. The zero-order chi connectivity index (χ0) is 28.3. The molecule has 10 heteroatoms. The Morgan fingerprint density at radius 3 is 2.46 bits per heavy atom. The topological polar surface area (TPSA) is 107 Å². The van der Waals surface area contributed by atoms with Crippen LogP contribution in [0.5, 0.6) is 5.75 Å². The number of benzene rings is 3. The normalized spacial score (nSPS) is 19.9. The minimum absolute atomic E-state index is 0.00978. The second kappa shape index (κ2) is 11.8. The molecular weight excluding hydrogens is 523 g/mol. The monoisotopic (exact) mass is 556 g/mol. The maximum absolute atomic E-state index is 13.7. The molecule has 0 aromatic heterocycles. The van der Waals surface area contributed by atoms with Crippen LogP contribution in [0, 0.1) is 11.7 Å². The maximum atomic E-state index is 13.7. The maximum Gasteiger partial charge on any atom is 0.336 e. The van der Waals surface area contributed by atoms with Gasteiger partial charge in [0.2, 0.25) is 10.0 Å². The Hall–Kier alpha value is -3.31. The third kappa shape index (κ3) is 6.30. The van der Waals surface area contributed by atoms with E-state index >= 15 is 0 Å². The van der Waals surface area contributed by atoms with E-state index in [4.69, 9.17) is 4.74 Å². The lowest BCUT2D eigenvalue weighted by molar-refractivity contribution is 0.0686. The van der Waals surface area contributed by atoms with Crippen molar-refractivity contribution in [2.24, 2.45) is 5.92 Å². The standard InChI is InChI=1S/C29H33FN2O6S/c1-19-15-32(20(2)18-33)39(36,37)28-13-10-22(21-8-11-24(30)12-9-21)14-26(28)38-27(19)17-31(3)16-23-6-4-5-7-25(23)29(34)35/h4-14,19-20,27,33H,15-18H2,1-3H3,(H,34,35)/t19-,20+,27+/m0/s1. The van der Waals surface area contributed by atoms with Crippen LogP contribution in [0.15, 0.2) is 71.6 Å². The van der Waals surface area contributed by atoms with Crippen LogP contribution in [0.25, 0.3) is 11.1 Å². The van der Waals surface area contributed by atoms with Gasteiger partial charge in [0.15, 0.2) is 0 Å². The Kier molecular flexibility index (Phi) is 8.70. The molecule has 208 valence electrons. The average Bonchev–Trinajstić information content (AvgIpc) is 2.90. The van der Waals surface area contributed by atoms with Gasteiger partial charge in [-0.25, -0.2) is 17.6 Å². The second-order valence-corrected chi connectivity index (χ2v) is 11.9. The van der Waals surface area contributed by atoms with Gasteiger partial charge in [0, 0.05) is 31.6 Å². The molecule has 1 aliphatic rings. The van der Waals surface area contributed by atoms with Crippen molar-refractivity contribution in [3.8, 4) is 16.9 Å². The molecule has 0 aliphatic carbocycles. The fraction of sp³-hybridized carbons (Fsp3) is 0.345. The number of aliphatic hydroxyl groups excluding tert-OH is 1. The molecule has 0 saturated heterocycles. The van der Waals surface area contributed by atoms with E-state index in [1.807, 2.05) is 18.9 Å². The van der Waals surface area contributed by atoms with E-state index < -0.39 is 28.1 Å². The van der Waals surface area contributed by atoms with Gasteiger partial charge in [-0.15, -0.1) is 0 Å². The molecule has 0 bridgehead atoms. The number of ether oxygens (including phenoxy) is 1. The highest BCUT2D eigenvalue weighted by atomic mass is 32.2. The molecule has 0 amide bonds. The third-order valence-electron chi connectivity index (χ3n) is 7.02. The van der Waals surface area contributed by atoms with Crippen LogP contribution in [0.3, 0.4) is 0 Å². The van der Waals surface area contributed by atoms with E-state index in [1.165, 1.54) is 22.5 Å². The molecule has 3 aromatic carbocycles. The Labute approximate surface area is 228 Å². The van der Waals surface area contributed by atoms with Gasteiger partial charge < -0.3 is 14.9 Å². The van der Waals surface area contributed by atoms with Gasteiger partial charge in [0.25, 0.3) is 0 Å². The number of carboxylic acid groups (broad SMARTS) is 1. The summed E-state index contributed by atoms with van der Waals surface area (Å²) in [4.78, 5) is 13.6. The first-order valence-electron chi connectivity index (χ1n) is 12.7. The van der Waals surface area contributed by atoms with Crippen LogP contribution in [-0.4, -0.2) is 72.7 Å². The van der Waals surface area contributed by atoms with Gasteiger partial charge in [-0.1, -0.05) is 43.3 Å². The molecule has 2 N–H and O–H groups in total. The van der Waals surface area contributed by atoms with Crippen LogP contribution in [0.4, 0.5) is 4.39 Å². The lowest BCUT2D eigenvalue weighted by Gasteiger charge is -2.37. The molecule has 0 unspecified atom stereocenters. The number of fused-ring (bicyclic) bond motifs is 1. The molecule has 0 radical (unpaired) electrons. The summed E-state index contributed by atoms with van der Waals surface area (Å²) in [6.45, 7) is 4.08. The largest absolute Gasteiger partial charge is 0.487 e. The van der Waals surface area contributed by atoms with Crippen molar-refractivity contribution < 1.29 is 32.6 Å². The minimum Gasteiger partial charge on any atom is -0.487 e. The minimum atomic E-state index is -4.00. The quantitative estimate of drug-likeness (QED) is 0.430. The first-order chi connectivity index (χ1) is 18.5. The summed E-state index contributed by atoms with van der Waals surface area (Å²) in [5.41, 5.74) is 2.25. The zero-order valence-electron chi connectivity index (χ0n) is 22.1. The summed E-state index contributed by atoms with van der Waals surface area (Å²) < 4.78 is 48.6. The van der Waals surface area contributed by atoms with Crippen molar-refractivity contribution in [1.29, 1.82) is 0 Å². The van der Waals surface area contributed by atoms with E-state index in [0.717, 1.165) is 0 Å². The number of carboxylic acids is 1. The van der Waals surface area contributed by atoms with Gasteiger partial charge in [-0.2, -0.15) is 4.31 Å². The van der Waals surface area contributed by atoms with Gasteiger partial charge in [0.05, 0.1) is 12.2 Å². The van der Waals surface area contributed by atoms with Crippen LogP contribution >= 0.6 is 0 Å². The van der Waals surface area contributed by atoms with Crippen LogP contribution in [0.2, 0.25) is 0 Å². The van der Waals surface area contributed by atoms with Crippen molar-refractivity contribution in [2.45, 2.75) is 37.4 Å². The van der Waals surface area contributed by atoms with Crippen LogP contribution in [-0.2, 0) is 16.6 Å². The van der Waals surface area contributed by atoms with Crippen molar-refractivity contribution in [2.75, 3.05) is 26.7 Å². The molecular formula is C29H33FN2O6S. The van der Waals surface area contributed by atoms with E-state index in [9.17, 15) is 27.8 Å². The number of aromatic carboxylic acids is 1. The number of hydrogen-bond acceptors (Lipinski definition) is 6. The number of halogens is 1. The van der Waals surface area contributed by atoms with E-state index in [0.29, 0.717) is 29.8 Å². The summed E-state index contributed by atoms with van der Waals surface area (Å²) in [6, 6.07) is 16.8. The number of rotatable bonds is 8. The molecule has 0 fully saturated rings. The predicted octanol–water partition coefficient (Wildman–Crippen LogP) is 4.09. The summed E-state index contributed by atoms with van der Waals surface area (Å²) in [7, 11) is -2.14. The Morgan fingerprint density at radius 2 is 1.79 bits per heavy atom. The Morgan fingerprint density at radius 1 is 1.13 bits per heavy atom. The fourth-order valence-corrected chi connectivity index (χ4v) is 6.62. The first kappa shape index (κ1) is 28.7. The first-order valence-corrected chi connectivity index (χ1v) is 14.1. The highest BCUT2D eigenvalue weighted by Crippen LogP contribution is 2.36. The number of aliphatic hydroxyl groups is 1. The lowest BCUT2D eigenvalue weighted by Crippen LogP contribution is -2.49. The van der Waals surface area contributed by atoms with Crippen LogP contribution in [0.1, 0.15) is 29.8 Å². The van der Waals surface area contributed by atoms with Gasteiger partial charge in [0.1, 0.15) is 22.6 Å². The molecule has 1 aliphatic heterocycles. The number of likely N-dealkylation sites (N-methyl/N-ethyl adjacent to an activating group) is 1. The molecule has 3 aromatic rings. The second-order valence-electron chi connectivity index (χ2n) is 10.1. The third-order valence-corrected chi connectivity index (χ3v) is 9.04. The highest BCUT2D eigenvalue weighted by Gasteiger charge is 2.38. The van der Waals surface area contributed by atoms with Crippen molar-refractivity contribution in [3.63, 3.8) is 0 Å².